The second kappa shape index (κ2) is 5.73. The van der Waals surface area contributed by atoms with E-state index in [0.717, 1.165) is 6.42 Å². The average Bonchev–Trinajstić information content (AvgIpc) is 2.59. The van der Waals surface area contributed by atoms with Gasteiger partial charge in [0.1, 0.15) is 5.92 Å². The maximum atomic E-state index is 11.2. The number of fused-ring (bicyclic) bond motifs is 1. The lowest BCUT2D eigenvalue weighted by molar-refractivity contribution is -0.140. The number of methoxy groups -OCH3 is 1. The third-order valence-electron chi connectivity index (χ3n) is 2.81. The maximum absolute atomic E-state index is 11.2. The first-order valence-electron chi connectivity index (χ1n) is 5.83. The third-order valence-corrected chi connectivity index (χ3v) is 2.81. The van der Waals surface area contributed by atoms with Crippen LogP contribution in [0.2, 0.25) is 0 Å². The van der Waals surface area contributed by atoms with Crippen molar-refractivity contribution in [2.24, 2.45) is 0 Å². The van der Waals surface area contributed by atoms with Crippen LogP contribution < -0.4 is 9.47 Å². The van der Waals surface area contributed by atoms with Gasteiger partial charge >= 0.3 is 5.97 Å². The Morgan fingerprint density at radius 3 is 2.78 bits per heavy atom. The minimum Gasteiger partial charge on any atom is -0.490 e. The smallest absolute Gasteiger partial charge is 0.313 e. The molecule has 1 aliphatic heterocycles. The lowest BCUT2D eigenvalue weighted by atomic mass is 10.00. The Balaban J connectivity index is 2.28. The molecule has 98 valence electrons. The van der Waals surface area contributed by atoms with Gasteiger partial charge in [-0.05, 0) is 17.7 Å². The van der Waals surface area contributed by atoms with Crippen LogP contribution in [0.25, 0.3) is 0 Å². The number of carboxylic acids is 1. The molecular weight excluding hydrogens is 236 g/mol. The van der Waals surface area contributed by atoms with Gasteiger partial charge in [0.05, 0.1) is 19.8 Å². The summed E-state index contributed by atoms with van der Waals surface area (Å²) in [6.45, 7) is 1.33. The first-order valence-corrected chi connectivity index (χ1v) is 5.83. The standard InChI is InChI=1S/C13H16O5/c1-16-8-10(13(14)15)9-3-4-11-12(7-9)18-6-2-5-17-11/h3-4,7,10H,2,5-6,8H2,1H3,(H,14,15). The zero-order chi connectivity index (χ0) is 13.0. The van der Waals surface area contributed by atoms with Crippen LogP contribution >= 0.6 is 0 Å². The molecule has 0 spiro atoms. The van der Waals surface area contributed by atoms with Crippen LogP contribution in [0.15, 0.2) is 18.2 Å². The normalized spacial score (nSPS) is 15.8. The highest BCUT2D eigenvalue weighted by molar-refractivity contribution is 5.76. The third kappa shape index (κ3) is 2.73. The van der Waals surface area contributed by atoms with Crippen LogP contribution in [-0.2, 0) is 9.53 Å². The van der Waals surface area contributed by atoms with Crippen molar-refractivity contribution in [3.8, 4) is 11.5 Å². The highest BCUT2D eigenvalue weighted by atomic mass is 16.5. The number of rotatable bonds is 4. The Hall–Kier alpha value is -1.75. The molecule has 0 fully saturated rings. The van der Waals surface area contributed by atoms with Gasteiger partial charge in [0, 0.05) is 13.5 Å². The number of benzene rings is 1. The van der Waals surface area contributed by atoms with E-state index in [0.29, 0.717) is 30.3 Å². The second-order valence-electron chi connectivity index (χ2n) is 4.10. The van der Waals surface area contributed by atoms with Gasteiger partial charge in [0.15, 0.2) is 11.5 Å². The number of ether oxygens (including phenoxy) is 3. The van der Waals surface area contributed by atoms with Crippen molar-refractivity contribution in [3.05, 3.63) is 23.8 Å². The molecule has 2 rings (SSSR count). The Bertz CT molecular complexity index is 429. The van der Waals surface area contributed by atoms with Gasteiger partial charge < -0.3 is 19.3 Å². The topological polar surface area (TPSA) is 65.0 Å². The molecular formula is C13H16O5. The zero-order valence-corrected chi connectivity index (χ0v) is 10.2. The quantitative estimate of drug-likeness (QED) is 0.882. The highest BCUT2D eigenvalue weighted by Gasteiger charge is 2.22. The van der Waals surface area contributed by atoms with E-state index in [9.17, 15) is 4.79 Å². The molecule has 1 heterocycles. The Morgan fingerprint density at radius 2 is 2.11 bits per heavy atom. The Kier molecular flexibility index (Phi) is 4.04. The van der Waals surface area contributed by atoms with E-state index in [1.807, 2.05) is 0 Å². The molecule has 1 N–H and O–H groups in total. The van der Waals surface area contributed by atoms with Gasteiger partial charge in [-0.25, -0.2) is 0 Å². The summed E-state index contributed by atoms with van der Waals surface area (Å²) < 4.78 is 16.0. The summed E-state index contributed by atoms with van der Waals surface area (Å²) in [6, 6.07) is 5.21. The fourth-order valence-corrected chi connectivity index (χ4v) is 1.87. The lowest BCUT2D eigenvalue weighted by Crippen LogP contribution is -2.17. The maximum Gasteiger partial charge on any atom is 0.313 e. The first kappa shape index (κ1) is 12.7. The van der Waals surface area contributed by atoms with Crippen LogP contribution in [0.1, 0.15) is 17.9 Å². The lowest BCUT2D eigenvalue weighted by Gasteiger charge is -2.14. The molecule has 5 heteroatoms. The van der Waals surface area contributed by atoms with Crippen molar-refractivity contribution in [2.45, 2.75) is 12.3 Å². The van der Waals surface area contributed by atoms with Gasteiger partial charge in [-0.15, -0.1) is 0 Å². The van der Waals surface area contributed by atoms with E-state index in [1.54, 1.807) is 18.2 Å². The van der Waals surface area contributed by atoms with E-state index in [4.69, 9.17) is 19.3 Å². The number of aliphatic carboxylic acids is 1. The van der Waals surface area contributed by atoms with E-state index in [2.05, 4.69) is 0 Å². The number of carbonyl (C=O) groups is 1. The van der Waals surface area contributed by atoms with Gasteiger partial charge in [0.25, 0.3) is 0 Å². The molecule has 0 amide bonds. The Labute approximate surface area is 105 Å². The Morgan fingerprint density at radius 1 is 1.39 bits per heavy atom. The molecule has 1 aromatic rings. The number of hydrogen-bond acceptors (Lipinski definition) is 4. The summed E-state index contributed by atoms with van der Waals surface area (Å²) in [4.78, 5) is 11.2. The summed E-state index contributed by atoms with van der Waals surface area (Å²) in [5.41, 5.74) is 0.661. The van der Waals surface area contributed by atoms with Crippen LogP contribution in [0.5, 0.6) is 11.5 Å². The molecule has 0 saturated carbocycles. The molecule has 0 saturated heterocycles. The van der Waals surface area contributed by atoms with E-state index in [1.165, 1.54) is 7.11 Å². The first-order chi connectivity index (χ1) is 8.72. The summed E-state index contributed by atoms with van der Waals surface area (Å²) in [5.74, 6) is -0.330. The molecule has 1 aromatic carbocycles. The molecule has 1 atom stereocenters. The zero-order valence-electron chi connectivity index (χ0n) is 10.2. The minimum atomic E-state index is -0.911. The van der Waals surface area contributed by atoms with Crippen molar-refractivity contribution in [3.63, 3.8) is 0 Å². The summed E-state index contributed by atoms with van der Waals surface area (Å²) >= 11 is 0. The molecule has 5 nitrogen and oxygen atoms in total. The van der Waals surface area contributed by atoms with Gasteiger partial charge in [-0.3, -0.25) is 4.79 Å². The van der Waals surface area contributed by atoms with Crippen molar-refractivity contribution in [1.29, 1.82) is 0 Å². The molecule has 0 aromatic heterocycles. The fourth-order valence-electron chi connectivity index (χ4n) is 1.87. The monoisotopic (exact) mass is 252 g/mol. The molecule has 18 heavy (non-hydrogen) atoms. The SMILES string of the molecule is COCC(C(=O)O)c1ccc2c(c1)OCCCO2. The van der Waals surface area contributed by atoms with Gasteiger partial charge in [-0.1, -0.05) is 6.07 Å². The van der Waals surface area contributed by atoms with Gasteiger partial charge in [-0.2, -0.15) is 0 Å². The van der Waals surface area contributed by atoms with Crippen molar-refractivity contribution < 1.29 is 24.1 Å². The highest BCUT2D eigenvalue weighted by Crippen LogP contribution is 2.33. The van der Waals surface area contributed by atoms with Crippen molar-refractivity contribution in [1.82, 2.24) is 0 Å². The molecule has 0 radical (unpaired) electrons. The molecule has 1 unspecified atom stereocenters. The van der Waals surface area contributed by atoms with Crippen molar-refractivity contribution in [2.75, 3.05) is 26.9 Å². The van der Waals surface area contributed by atoms with E-state index >= 15 is 0 Å². The average molecular weight is 252 g/mol. The summed E-state index contributed by atoms with van der Waals surface area (Å²) in [7, 11) is 1.49. The summed E-state index contributed by atoms with van der Waals surface area (Å²) in [6.07, 6.45) is 0.824. The van der Waals surface area contributed by atoms with Crippen molar-refractivity contribution >= 4 is 5.97 Å². The van der Waals surface area contributed by atoms with E-state index < -0.39 is 11.9 Å². The van der Waals surface area contributed by atoms with Crippen LogP contribution in [-0.4, -0.2) is 38.0 Å². The fraction of sp³-hybridized carbons (Fsp3) is 0.462. The van der Waals surface area contributed by atoms with Crippen LogP contribution in [0.4, 0.5) is 0 Å². The van der Waals surface area contributed by atoms with Crippen LogP contribution in [0, 0.1) is 0 Å². The molecule has 0 aliphatic carbocycles. The van der Waals surface area contributed by atoms with Gasteiger partial charge in [0.2, 0.25) is 0 Å². The largest absolute Gasteiger partial charge is 0.490 e. The van der Waals surface area contributed by atoms with E-state index in [-0.39, 0.29) is 6.61 Å². The minimum absolute atomic E-state index is 0.134. The number of hydrogen-bond donors (Lipinski definition) is 1. The summed E-state index contributed by atoms with van der Waals surface area (Å²) in [5, 5.41) is 9.17. The molecule has 0 bridgehead atoms. The number of carboxylic acid groups (broad SMARTS) is 1. The second-order valence-corrected chi connectivity index (χ2v) is 4.10. The predicted octanol–water partition coefficient (Wildman–Crippen LogP) is 1.66. The molecule has 1 aliphatic rings. The predicted molar refractivity (Wildman–Crippen MR) is 64.3 cm³/mol. The van der Waals surface area contributed by atoms with Crippen LogP contribution in [0.3, 0.4) is 0 Å².